The Morgan fingerprint density at radius 2 is 1.96 bits per heavy atom. The minimum absolute atomic E-state index is 0.271. The van der Waals surface area contributed by atoms with Crippen LogP contribution in [0.2, 0.25) is 0 Å². The van der Waals surface area contributed by atoms with Gasteiger partial charge in [0.05, 0.1) is 12.8 Å². The number of hydrogen-bond acceptors (Lipinski definition) is 2. The second kappa shape index (κ2) is 7.19. The number of fused-ring (bicyclic) bond motifs is 1. The fraction of sp³-hybridized carbons (Fsp3) is 0.0870. The molecule has 4 aromatic rings. The number of allylic oxidation sites excluding steroid dienone is 1. The second-order valence-electron chi connectivity index (χ2n) is 6.41. The highest BCUT2D eigenvalue weighted by molar-refractivity contribution is 5.92. The third-order valence-corrected chi connectivity index (χ3v) is 4.68. The third-order valence-electron chi connectivity index (χ3n) is 4.68. The fourth-order valence-corrected chi connectivity index (χ4v) is 3.31. The van der Waals surface area contributed by atoms with Crippen LogP contribution >= 0.6 is 0 Å². The Morgan fingerprint density at radius 3 is 2.68 bits per heavy atom. The van der Waals surface area contributed by atoms with Crippen LogP contribution in [0.4, 0.5) is 4.39 Å². The van der Waals surface area contributed by atoms with E-state index >= 15 is 0 Å². The molecule has 0 bridgehead atoms. The van der Waals surface area contributed by atoms with Gasteiger partial charge >= 0.3 is 0 Å². The first-order valence-electron chi connectivity index (χ1n) is 8.94. The van der Waals surface area contributed by atoms with E-state index in [0.29, 0.717) is 5.88 Å². The first-order valence-corrected chi connectivity index (χ1v) is 8.94. The maximum atomic E-state index is 13.4. The van der Waals surface area contributed by atoms with Gasteiger partial charge in [0.2, 0.25) is 5.88 Å². The first kappa shape index (κ1) is 17.8. The zero-order chi connectivity index (χ0) is 19.7. The van der Waals surface area contributed by atoms with Gasteiger partial charge in [-0.25, -0.2) is 4.39 Å². The number of halogens is 1. The number of nitrogens with zero attached hydrogens (tertiary/aromatic N) is 2. The molecule has 0 radical (unpaired) electrons. The Kier molecular flexibility index (Phi) is 4.57. The Balaban J connectivity index is 1.98. The largest absolute Gasteiger partial charge is 0.481 e. The topological polar surface area (TPSA) is 42.8 Å². The number of ether oxygens (including phenoxy) is 1. The summed E-state index contributed by atoms with van der Waals surface area (Å²) in [5.74, 6) is 0.251. The van der Waals surface area contributed by atoms with Crippen molar-refractivity contribution in [1.29, 1.82) is 0 Å². The lowest BCUT2D eigenvalue weighted by Crippen LogP contribution is -2.22. The number of aromatic nitrogens is 3. The number of H-pyrrole nitrogens is 1. The van der Waals surface area contributed by atoms with Crippen LogP contribution < -0.4 is 15.3 Å². The average molecular weight is 373 g/mol. The van der Waals surface area contributed by atoms with E-state index in [1.165, 1.54) is 12.1 Å². The molecule has 4 nitrogen and oxygen atoms in total. The summed E-state index contributed by atoms with van der Waals surface area (Å²) in [4.78, 5) is 7.82. The Hall–Kier alpha value is -3.60. The van der Waals surface area contributed by atoms with E-state index in [2.05, 4.69) is 16.5 Å². The zero-order valence-corrected chi connectivity index (χ0v) is 15.7. The molecule has 1 aromatic carbocycles. The molecule has 4 rings (SSSR count). The van der Waals surface area contributed by atoms with Crippen molar-refractivity contribution in [1.82, 2.24) is 14.5 Å². The molecule has 0 saturated heterocycles. The number of rotatable bonds is 4. The Morgan fingerprint density at radius 1 is 1.18 bits per heavy atom. The number of aromatic amines is 1. The average Bonchev–Trinajstić information content (AvgIpc) is 3.31. The van der Waals surface area contributed by atoms with Gasteiger partial charge < -0.3 is 9.72 Å². The van der Waals surface area contributed by atoms with E-state index < -0.39 is 0 Å². The van der Waals surface area contributed by atoms with E-state index in [0.717, 1.165) is 38.6 Å². The highest BCUT2D eigenvalue weighted by Crippen LogP contribution is 2.31. The van der Waals surface area contributed by atoms with Gasteiger partial charge in [-0.1, -0.05) is 12.7 Å². The zero-order valence-electron chi connectivity index (χ0n) is 15.7. The molecule has 3 heterocycles. The monoisotopic (exact) mass is 373 g/mol. The van der Waals surface area contributed by atoms with Gasteiger partial charge in [0, 0.05) is 33.9 Å². The van der Waals surface area contributed by atoms with Gasteiger partial charge in [0.15, 0.2) is 0 Å². The Labute approximate surface area is 161 Å². The molecular weight excluding hydrogens is 353 g/mol. The molecule has 0 aliphatic rings. The standard InChI is InChI=1S/C23H20FN3O/c1-4-20-17(11-12-25-20)13-15(2)27-21(16-5-8-19(24)9-6-16)14-18-7-10-22(28-3)26-23(18)27/h4-14,25H,2H2,1,3H3/b17-13-,20-4+. The van der Waals surface area contributed by atoms with Crippen molar-refractivity contribution < 1.29 is 9.13 Å². The summed E-state index contributed by atoms with van der Waals surface area (Å²) in [5.41, 5.74) is 3.24. The summed E-state index contributed by atoms with van der Waals surface area (Å²) in [7, 11) is 1.59. The number of benzene rings is 1. The molecule has 3 aromatic heterocycles. The lowest BCUT2D eigenvalue weighted by atomic mass is 10.1. The van der Waals surface area contributed by atoms with Crippen LogP contribution in [-0.2, 0) is 0 Å². The molecule has 0 unspecified atom stereocenters. The van der Waals surface area contributed by atoms with E-state index in [9.17, 15) is 4.39 Å². The van der Waals surface area contributed by atoms with Crippen molar-refractivity contribution in [2.45, 2.75) is 6.92 Å². The van der Waals surface area contributed by atoms with E-state index in [-0.39, 0.29) is 5.82 Å². The van der Waals surface area contributed by atoms with Gasteiger partial charge in [0.1, 0.15) is 11.5 Å². The predicted molar refractivity (Wildman–Crippen MR) is 112 cm³/mol. The highest BCUT2D eigenvalue weighted by atomic mass is 19.1. The molecule has 0 aliphatic carbocycles. The van der Waals surface area contributed by atoms with Crippen LogP contribution in [0.1, 0.15) is 6.92 Å². The van der Waals surface area contributed by atoms with Gasteiger partial charge in [-0.2, -0.15) is 4.98 Å². The van der Waals surface area contributed by atoms with Crippen molar-refractivity contribution >= 4 is 28.9 Å². The molecule has 0 saturated carbocycles. The van der Waals surface area contributed by atoms with Crippen molar-refractivity contribution in [3.8, 4) is 17.1 Å². The number of methoxy groups -OCH3 is 1. The first-order chi connectivity index (χ1) is 13.6. The molecule has 5 heteroatoms. The Bertz CT molecular complexity index is 1280. The molecule has 0 amide bonds. The number of nitrogens with one attached hydrogen (secondary N) is 1. The summed E-state index contributed by atoms with van der Waals surface area (Å²) >= 11 is 0. The molecule has 0 aliphatic heterocycles. The van der Waals surface area contributed by atoms with Crippen molar-refractivity contribution in [2.75, 3.05) is 7.11 Å². The number of hydrogen-bond donors (Lipinski definition) is 1. The van der Waals surface area contributed by atoms with Crippen LogP contribution in [0.15, 0.2) is 61.3 Å². The third kappa shape index (κ3) is 3.11. The fourth-order valence-electron chi connectivity index (χ4n) is 3.31. The van der Waals surface area contributed by atoms with Crippen LogP contribution in [0.25, 0.3) is 40.1 Å². The predicted octanol–water partition coefficient (Wildman–Crippen LogP) is 3.93. The maximum Gasteiger partial charge on any atom is 0.214 e. The molecule has 0 fully saturated rings. The quantitative estimate of drug-likeness (QED) is 0.589. The van der Waals surface area contributed by atoms with Crippen LogP contribution in [0.3, 0.4) is 0 Å². The lowest BCUT2D eigenvalue weighted by molar-refractivity contribution is 0.399. The molecule has 140 valence electrons. The van der Waals surface area contributed by atoms with Crippen LogP contribution in [0, 0.1) is 5.82 Å². The molecule has 0 spiro atoms. The number of pyridine rings is 1. The smallest absolute Gasteiger partial charge is 0.214 e. The van der Waals surface area contributed by atoms with Gasteiger partial charge in [-0.05, 0) is 61.0 Å². The normalized spacial score (nSPS) is 12.7. The molecular formula is C23H20FN3O. The summed E-state index contributed by atoms with van der Waals surface area (Å²) in [5, 5.41) is 3.00. The van der Waals surface area contributed by atoms with E-state index in [1.807, 2.05) is 54.1 Å². The van der Waals surface area contributed by atoms with Gasteiger partial charge in [-0.3, -0.25) is 4.57 Å². The molecule has 1 N–H and O–H groups in total. The minimum Gasteiger partial charge on any atom is -0.481 e. The highest BCUT2D eigenvalue weighted by Gasteiger charge is 2.14. The summed E-state index contributed by atoms with van der Waals surface area (Å²) in [6.45, 7) is 6.26. The van der Waals surface area contributed by atoms with Gasteiger partial charge in [0.25, 0.3) is 0 Å². The van der Waals surface area contributed by atoms with E-state index in [4.69, 9.17) is 4.74 Å². The van der Waals surface area contributed by atoms with Crippen LogP contribution in [0.5, 0.6) is 5.88 Å². The maximum absolute atomic E-state index is 13.4. The summed E-state index contributed by atoms with van der Waals surface area (Å²) in [6, 6.07) is 14.2. The second-order valence-corrected chi connectivity index (χ2v) is 6.41. The SMILES string of the molecule is C=C(/C=c1/cc[nH]/c1=C/C)n1c(-c2ccc(F)cc2)cc2ccc(OC)nc21. The van der Waals surface area contributed by atoms with E-state index in [1.54, 1.807) is 19.2 Å². The van der Waals surface area contributed by atoms with Crippen LogP contribution in [-0.4, -0.2) is 21.6 Å². The summed E-state index contributed by atoms with van der Waals surface area (Å²) < 4.78 is 20.7. The van der Waals surface area contributed by atoms with Crippen molar-refractivity contribution in [3.05, 3.63) is 77.7 Å². The molecule has 28 heavy (non-hydrogen) atoms. The van der Waals surface area contributed by atoms with Gasteiger partial charge in [-0.15, -0.1) is 0 Å². The lowest BCUT2D eigenvalue weighted by Gasteiger charge is -2.11. The van der Waals surface area contributed by atoms with Crippen molar-refractivity contribution in [3.63, 3.8) is 0 Å². The minimum atomic E-state index is -0.271. The van der Waals surface area contributed by atoms with Crippen molar-refractivity contribution in [2.24, 2.45) is 0 Å². The summed E-state index contributed by atoms with van der Waals surface area (Å²) in [6.07, 6.45) is 5.90. The molecule has 0 atom stereocenters.